The van der Waals surface area contributed by atoms with Crippen LogP contribution in [0.15, 0.2) is 36.9 Å². The molecule has 2 rings (SSSR count). The summed E-state index contributed by atoms with van der Waals surface area (Å²) in [5.74, 6) is 0. The van der Waals surface area contributed by atoms with Gasteiger partial charge >= 0.3 is 0 Å². The summed E-state index contributed by atoms with van der Waals surface area (Å²) in [5, 5.41) is 3.48. The van der Waals surface area contributed by atoms with Crippen molar-refractivity contribution in [3.8, 4) is 5.69 Å². The van der Waals surface area contributed by atoms with Crippen molar-refractivity contribution in [2.45, 2.75) is 0 Å². The minimum absolute atomic E-state index is 0.453. The van der Waals surface area contributed by atoms with Crippen molar-refractivity contribution in [2.24, 2.45) is 0 Å². The molecule has 1 N–H and O–H groups in total. The summed E-state index contributed by atoms with van der Waals surface area (Å²) in [7, 11) is -3.46. The van der Waals surface area contributed by atoms with Gasteiger partial charge < -0.3 is 0 Å². The van der Waals surface area contributed by atoms with Crippen LogP contribution in [0.5, 0.6) is 0 Å². The lowest BCUT2D eigenvalue weighted by atomic mass is 10.3. The summed E-state index contributed by atoms with van der Waals surface area (Å²) >= 11 is 5.28. The summed E-state index contributed by atoms with van der Waals surface area (Å²) in [6.07, 6.45) is 2.97. The number of aromatic nitrogens is 3. The van der Waals surface area contributed by atoms with Gasteiger partial charge in [0.1, 0.15) is 17.9 Å². The summed E-state index contributed by atoms with van der Waals surface area (Å²) in [4.78, 5) is 3.82. The Hall–Kier alpha value is -1.60. The van der Waals surface area contributed by atoms with Gasteiger partial charge in [-0.1, -0.05) is 0 Å². The molecule has 0 atom stereocenters. The number of sulfonamides is 1. The number of halogens is 1. The van der Waals surface area contributed by atoms with Gasteiger partial charge in [-0.25, -0.2) is 18.1 Å². The highest BCUT2D eigenvalue weighted by Gasteiger charge is 2.07. The molecular formula is C9H9ClN4O2S. The first-order valence-corrected chi connectivity index (χ1v) is 6.81. The first-order valence-electron chi connectivity index (χ1n) is 4.62. The first-order chi connectivity index (χ1) is 8.11. The number of anilines is 1. The molecule has 0 fully saturated rings. The highest BCUT2D eigenvalue weighted by atomic mass is 35.5. The predicted molar refractivity (Wildman–Crippen MR) is 64.6 cm³/mol. The van der Waals surface area contributed by atoms with Crippen molar-refractivity contribution in [1.82, 2.24) is 14.8 Å². The number of nitrogens with zero attached hydrogens (tertiary/aromatic N) is 3. The van der Waals surface area contributed by atoms with Gasteiger partial charge in [-0.05, 0) is 24.3 Å². The molecule has 0 spiro atoms. The highest BCUT2D eigenvalue weighted by molar-refractivity contribution is 7.93. The number of nitrogens with one attached hydrogen (secondary N) is 1. The van der Waals surface area contributed by atoms with Gasteiger partial charge in [0.05, 0.1) is 5.69 Å². The van der Waals surface area contributed by atoms with E-state index in [9.17, 15) is 8.42 Å². The molecule has 0 saturated heterocycles. The Labute approximate surface area is 103 Å². The van der Waals surface area contributed by atoms with E-state index in [4.69, 9.17) is 11.6 Å². The van der Waals surface area contributed by atoms with Gasteiger partial charge in [-0.3, -0.25) is 4.72 Å². The van der Waals surface area contributed by atoms with E-state index in [0.717, 1.165) is 5.69 Å². The average Bonchev–Trinajstić information content (AvgIpc) is 2.83. The van der Waals surface area contributed by atoms with Crippen LogP contribution in [0, 0.1) is 0 Å². The number of alkyl halides is 1. The molecule has 1 aromatic carbocycles. The van der Waals surface area contributed by atoms with E-state index < -0.39 is 15.2 Å². The van der Waals surface area contributed by atoms with Crippen molar-refractivity contribution < 1.29 is 8.42 Å². The van der Waals surface area contributed by atoms with Crippen molar-refractivity contribution in [1.29, 1.82) is 0 Å². The minimum atomic E-state index is -3.46. The van der Waals surface area contributed by atoms with E-state index in [1.54, 1.807) is 35.3 Å². The SMILES string of the molecule is O=S(=O)(CCl)Nc1ccc(-n2cncn2)cc1. The molecule has 0 aliphatic rings. The largest absolute Gasteiger partial charge is 0.283 e. The predicted octanol–water partition coefficient (Wildman–Crippen LogP) is 1.21. The molecule has 1 aromatic heterocycles. The van der Waals surface area contributed by atoms with Crippen LogP contribution in [0.1, 0.15) is 0 Å². The Bertz CT molecular complexity index is 580. The molecule has 17 heavy (non-hydrogen) atoms. The highest BCUT2D eigenvalue weighted by Crippen LogP contribution is 2.13. The minimum Gasteiger partial charge on any atom is -0.283 e. The number of benzene rings is 1. The van der Waals surface area contributed by atoms with E-state index in [2.05, 4.69) is 14.8 Å². The van der Waals surface area contributed by atoms with E-state index in [1.807, 2.05) is 0 Å². The number of hydrogen-bond acceptors (Lipinski definition) is 4. The Morgan fingerprint density at radius 1 is 1.29 bits per heavy atom. The second kappa shape index (κ2) is 4.72. The lowest BCUT2D eigenvalue weighted by molar-refractivity contribution is 0.605. The van der Waals surface area contributed by atoms with Crippen LogP contribution in [-0.4, -0.2) is 28.4 Å². The smallest absolute Gasteiger partial charge is 0.246 e. The summed E-state index contributed by atoms with van der Waals surface area (Å²) < 4.78 is 26.3. The average molecular weight is 273 g/mol. The van der Waals surface area contributed by atoms with Crippen LogP contribution in [0.25, 0.3) is 5.69 Å². The Morgan fingerprint density at radius 3 is 2.53 bits per heavy atom. The molecule has 0 saturated carbocycles. The Kier molecular flexibility index (Phi) is 3.30. The van der Waals surface area contributed by atoms with Gasteiger partial charge in [0.25, 0.3) is 0 Å². The van der Waals surface area contributed by atoms with Gasteiger partial charge in [-0.2, -0.15) is 5.10 Å². The molecule has 0 unspecified atom stereocenters. The normalized spacial score (nSPS) is 11.4. The van der Waals surface area contributed by atoms with Crippen molar-refractivity contribution in [3.05, 3.63) is 36.9 Å². The molecule has 1 heterocycles. The maximum absolute atomic E-state index is 11.2. The van der Waals surface area contributed by atoms with Crippen molar-refractivity contribution in [2.75, 3.05) is 9.93 Å². The third kappa shape index (κ3) is 2.95. The molecule has 0 aliphatic heterocycles. The van der Waals surface area contributed by atoms with Crippen LogP contribution in [0.3, 0.4) is 0 Å². The fourth-order valence-corrected chi connectivity index (χ4v) is 1.94. The fourth-order valence-electron chi connectivity index (χ4n) is 1.23. The van der Waals surface area contributed by atoms with E-state index in [1.165, 1.54) is 6.33 Å². The van der Waals surface area contributed by atoms with Gasteiger partial charge in [0.15, 0.2) is 0 Å². The lowest BCUT2D eigenvalue weighted by Gasteiger charge is -2.06. The van der Waals surface area contributed by atoms with Crippen molar-refractivity contribution >= 4 is 27.3 Å². The summed E-state index contributed by atoms with van der Waals surface area (Å²) in [6.45, 7) is 0. The van der Waals surface area contributed by atoms with Crippen LogP contribution in [0.2, 0.25) is 0 Å². The molecule has 90 valence electrons. The van der Waals surface area contributed by atoms with Gasteiger partial charge in [0, 0.05) is 5.69 Å². The molecule has 0 radical (unpaired) electrons. The standard InChI is InChI=1S/C9H9ClN4O2S/c10-5-17(15,16)13-8-1-3-9(4-2-8)14-7-11-6-12-14/h1-4,6-7,13H,5H2. The van der Waals surface area contributed by atoms with Crippen LogP contribution >= 0.6 is 11.6 Å². The van der Waals surface area contributed by atoms with Crippen LogP contribution in [0.4, 0.5) is 5.69 Å². The third-order valence-electron chi connectivity index (χ3n) is 1.97. The second-order valence-corrected chi connectivity index (χ2v) is 5.52. The molecule has 6 nitrogen and oxygen atoms in total. The molecule has 0 aliphatic carbocycles. The molecular weight excluding hydrogens is 264 g/mol. The Balaban J connectivity index is 2.19. The topological polar surface area (TPSA) is 76.9 Å². The van der Waals surface area contributed by atoms with E-state index in [-0.39, 0.29) is 0 Å². The summed E-state index contributed by atoms with van der Waals surface area (Å²) in [6, 6.07) is 6.70. The van der Waals surface area contributed by atoms with E-state index >= 15 is 0 Å². The summed E-state index contributed by atoms with van der Waals surface area (Å²) in [5.41, 5.74) is 1.24. The van der Waals surface area contributed by atoms with E-state index in [0.29, 0.717) is 5.69 Å². The Morgan fingerprint density at radius 2 is 2.00 bits per heavy atom. The first kappa shape index (κ1) is 11.9. The van der Waals surface area contributed by atoms with Gasteiger partial charge in [0.2, 0.25) is 10.0 Å². The quantitative estimate of drug-likeness (QED) is 0.849. The zero-order chi connectivity index (χ0) is 12.3. The zero-order valence-corrected chi connectivity index (χ0v) is 10.2. The monoisotopic (exact) mass is 272 g/mol. The van der Waals surface area contributed by atoms with Crippen LogP contribution in [-0.2, 0) is 10.0 Å². The molecule has 2 aromatic rings. The zero-order valence-electron chi connectivity index (χ0n) is 8.62. The van der Waals surface area contributed by atoms with Crippen LogP contribution < -0.4 is 4.72 Å². The molecule has 0 amide bonds. The molecule has 0 bridgehead atoms. The molecule has 8 heteroatoms. The van der Waals surface area contributed by atoms with Gasteiger partial charge in [-0.15, -0.1) is 11.6 Å². The fraction of sp³-hybridized carbons (Fsp3) is 0.111. The second-order valence-electron chi connectivity index (χ2n) is 3.21. The maximum Gasteiger partial charge on any atom is 0.246 e. The lowest BCUT2D eigenvalue weighted by Crippen LogP contribution is -2.13. The third-order valence-corrected chi connectivity index (χ3v) is 3.66. The number of hydrogen-bond donors (Lipinski definition) is 1. The number of rotatable bonds is 4. The van der Waals surface area contributed by atoms with Crippen molar-refractivity contribution in [3.63, 3.8) is 0 Å². The maximum atomic E-state index is 11.2.